The lowest BCUT2D eigenvalue weighted by Crippen LogP contribution is -2.11. The number of carbonyl (C=O) groups is 1. The van der Waals surface area contributed by atoms with Crippen LogP contribution in [0.5, 0.6) is 5.75 Å². The van der Waals surface area contributed by atoms with E-state index in [4.69, 9.17) is 9.84 Å². The summed E-state index contributed by atoms with van der Waals surface area (Å²) in [4.78, 5) is 10.6. The lowest BCUT2D eigenvalue weighted by atomic mass is 9.92. The molecular weight excluding hydrogens is 240 g/mol. The fraction of sp³-hybridized carbons (Fsp3) is 0.188. The third-order valence-electron chi connectivity index (χ3n) is 3.04. The maximum atomic E-state index is 10.6. The summed E-state index contributed by atoms with van der Waals surface area (Å²) >= 11 is 0. The molecule has 2 aromatic rings. The summed E-state index contributed by atoms with van der Waals surface area (Å²) in [5.74, 6) is -0.186. The van der Waals surface area contributed by atoms with Gasteiger partial charge in [-0.2, -0.15) is 0 Å². The Hall–Kier alpha value is -2.29. The standard InChI is InChI=1S/C16H16O3/c1-12(13-7-3-2-4-8-13)14-9-5-6-10-15(14)19-11-16(17)18/h2-10,12H,11H2,1H3,(H,17,18)/t12-/m0/s1. The Labute approximate surface area is 112 Å². The van der Waals surface area contributed by atoms with Gasteiger partial charge < -0.3 is 9.84 Å². The monoisotopic (exact) mass is 256 g/mol. The summed E-state index contributed by atoms with van der Waals surface area (Å²) in [6.07, 6.45) is 0. The van der Waals surface area contributed by atoms with E-state index in [9.17, 15) is 4.79 Å². The number of carboxylic acids is 1. The van der Waals surface area contributed by atoms with Crippen LogP contribution >= 0.6 is 0 Å². The molecule has 19 heavy (non-hydrogen) atoms. The van der Waals surface area contributed by atoms with Crippen LogP contribution in [0.1, 0.15) is 24.0 Å². The van der Waals surface area contributed by atoms with E-state index >= 15 is 0 Å². The zero-order valence-corrected chi connectivity index (χ0v) is 10.7. The number of hydrogen-bond acceptors (Lipinski definition) is 2. The number of carboxylic acid groups (broad SMARTS) is 1. The molecule has 0 aliphatic rings. The van der Waals surface area contributed by atoms with Crippen molar-refractivity contribution in [2.75, 3.05) is 6.61 Å². The molecule has 98 valence electrons. The molecule has 0 saturated heterocycles. The van der Waals surface area contributed by atoms with Gasteiger partial charge in [0, 0.05) is 11.5 Å². The number of aliphatic carboxylic acids is 1. The largest absolute Gasteiger partial charge is 0.482 e. The van der Waals surface area contributed by atoms with Crippen LogP contribution in [0, 0.1) is 0 Å². The van der Waals surface area contributed by atoms with E-state index in [-0.39, 0.29) is 12.5 Å². The minimum Gasteiger partial charge on any atom is -0.482 e. The minimum atomic E-state index is -0.970. The molecule has 0 aliphatic carbocycles. The van der Waals surface area contributed by atoms with Gasteiger partial charge in [-0.1, -0.05) is 55.5 Å². The molecule has 0 bridgehead atoms. The number of para-hydroxylation sites is 1. The van der Waals surface area contributed by atoms with Gasteiger partial charge in [0.2, 0.25) is 0 Å². The van der Waals surface area contributed by atoms with Crippen LogP contribution in [0.3, 0.4) is 0 Å². The molecule has 0 aromatic heterocycles. The molecule has 3 nitrogen and oxygen atoms in total. The number of hydrogen-bond donors (Lipinski definition) is 1. The first-order valence-electron chi connectivity index (χ1n) is 6.17. The Morgan fingerprint density at radius 2 is 1.74 bits per heavy atom. The van der Waals surface area contributed by atoms with Crippen LogP contribution in [0.2, 0.25) is 0 Å². The Balaban J connectivity index is 2.26. The van der Waals surface area contributed by atoms with Crippen LogP contribution in [-0.4, -0.2) is 17.7 Å². The van der Waals surface area contributed by atoms with Crippen LogP contribution in [-0.2, 0) is 4.79 Å². The van der Waals surface area contributed by atoms with Crippen molar-refractivity contribution in [1.29, 1.82) is 0 Å². The van der Waals surface area contributed by atoms with E-state index in [2.05, 4.69) is 19.1 Å². The van der Waals surface area contributed by atoms with Crippen molar-refractivity contribution in [2.24, 2.45) is 0 Å². The maximum Gasteiger partial charge on any atom is 0.341 e. The van der Waals surface area contributed by atoms with E-state index < -0.39 is 5.97 Å². The Morgan fingerprint density at radius 1 is 1.11 bits per heavy atom. The van der Waals surface area contributed by atoms with Gasteiger partial charge in [-0.3, -0.25) is 0 Å². The minimum absolute atomic E-state index is 0.159. The SMILES string of the molecule is C[C@@H](c1ccccc1)c1ccccc1OCC(=O)O. The molecule has 0 saturated carbocycles. The van der Waals surface area contributed by atoms with Crippen molar-refractivity contribution >= 4 is 5.97 Å². The van der Waals surface area contributed by atoms with Crippen molar-refractivity contribution in [1.82, 2.24) is 0 Å². The van der Waals surface area contributed by atoms with Gasteiger partial charge in [0.25, 0.3) is 0 Å². The third-order valence-corrected chi connectivity index (χ3v) is 3.04. The lowest BCUT2D eigenvalue weighted by molar-refractivity contribution is -0.139. The predicted molar refractivity (Wildman–Crippen MR) is 73.5 cm³/mol. The second-order valence-electron chi connectivity index (χ2n) is 4.35. The van der Waals surface area contributed by atoms with Crippen LogP contribution < -0.4 is 4.74 Å². The van der Waals surface area contributed by atoms with Gasteiger partial charge in [-0.15, -0.1) is 0 Å². The number of benzene rings is 2. The fourth-order valence-electron chi connectivity index (χ4n) is 2.03. The Morgan fingerprint density at radius 3 is 2.42 bits per heavy atom. The zero-order chi connectivity index (χ0) is 13.7. The zero-order valence-electron chi connectivity index (χ0n) is 10.7. The molecule has 0 heterocycles. The van der Waals surface area contributed by atoms with Crippen molar-refractivity contribution in [3.05, 3.63) is 65.7 Å². The Kier molecular flexibility index (Phi) is 4.18. The van der Waals surface area contributed by atoms with Crippen molar-refractivity contribution in [3.8, 4) is 5.75 Å². The molecule has 1 atom stereocenters. The van der Waals surface area contributed by atoms with E-state index in [1.807, 2.05) is 36.4 Å². The van der Waals surface area contributed by atoms with Gasteiger partial charge in [-0.05, 0) is 11.6 Å². The Bertz CT molecular complexity index is 549. The predicted octanol–water partition coefficient (Wildman–Crippen LogP) is 3.30. The molecule has 1 N–H and O–H groups in total. The van der Waals surface area contributed by atoms with Gasteiger partial charge in [-0.25, -0.2) is 4.79 Å². The quantitative estimate of drug-likeness (QED) is 0.892. The summed E-state index contributed by atoms with van der Waals surface area (Å²) in [6, 6.07) is 17.6. The molecule has 0 unspecified atom stereocenters. The topological polar surface area (TPSA) is 46.5 Å². The first-order chi connectivity index (χ1) is 9.18. The lowest BCUT2D eigenvalue weighted by Gasteiger charge is -2.16. The second-order valence-corrected chi connectivity index (χ2v) is 4.35. The highest BCUT2D eigenvalue weighted by Crippen LogP contribution is 2.31. The molecular formula is C16H16O3. The average Bonchev–Trinajstić information content (AvgIpc) is 2.45. The first kappa shape index (κ1) is 13.1. The van der Waals surface area contributed by atoms with Crippen molar-refractivity contribution in [2.45, 2.75) is 12.8 Å². The van der Waals surface area contributed by atoms with Gasteiger partial charge >= 0.3 is 5.97 Å². The smallest absolute Gasteiger partial charge is 0.341 e. The average molecular weight is 256 g/mol. The number of ether oxygens (including phenoxy) is 1. The molecule has 0 radical (unpaired) electrons. The van der Waals surface area contributed by atoms with Gasteiger partial charge in [0.1, 0.15) is 5.75 Å². The molecule has 0 amide bonds. The molecule has 2 rings (SSSR count). The van der Waals surface area contributed by atoms with Crippen LogP contribution in [0.25, 0.3) is 0 Å². The van der Waals surface area contributed by atoms with Crippen molar-refractivity contribution in [3.63, 3.8) is 0 Å². The van der Waals surface area contributed by atoms with E-state index in [0.717, 1.165) is 5.56 Å². The first-order valence-corrected chi connectivity index (χ1v) is 6.17. The van der Waals surface area contributed by atoms with E-state index in [0.29, 0.717) is 5.75 Å². The highest BCUT2D eigenvalue weighted by molar-refractivity contribution is 5.68. The molecule has 2 aromatic carbocycles. The number of rotatable bonds is 5. The summed E-state index contributed by atoms with van der Waals surface area (Å²) in [6.45, 7) is 1.76. The molecule has 0 aliphatic heterocycles. The maximum absolute atomic E-state index is 10.6. The van der Waals surface area contributed by atoms with E-state index in [1.165, 1.54) is 5.56 Å². The second kappa shape index (κ2) is 6.05. The summed E-state index contributed by atoms with van der Waals surface area (Å²) in [5, 5.41) is 8.70. The summed E-state index contributed by atoms with van der Waals surface area (Å²) in [7, 11) is 0. The van der Waals surface area contributed by atoms with Crippen molar-refractivity contribution < 1.29 is 14.6 Å². The van der Waals surface area contributed by atoms with Crippen LogP contribution in [0.4, 0.5) is 0 Å². The third kappa shape index (κ3) is 3.35. The normalized spacial score (nSPS) is 11.8. The summed E-state index contributed by atoms with van der Waals surface area (Å²) in [5.41, 5.74) is 2.17. The highest BCUT2D eigenvalue weighted by atomic mass is 16.5. The highest BCUT2D eigenvalue weighted by Gasteiger charge is 2.13. The van der Waals surface area contributed by atoms with Crippen LogP contribution in [0.15, 0.2) is 54.6 Å². The molecule has 0 fully saturated rings. The van der Waals surface area contributed by atoms with Gasteiger partial charge in [0.15, 0.2) is 6.61 Å². The van der Waals surface area contributed by atoms with E-state index in [1.54, 1.807) is 6.07 Å². The molecule has 0 spiro atoms. The van der Waals surface area contributed by atoms with Gasteiger partial charge in [0.05, 0.1) is 0 Å². The summed E-state index contributed by atoms with van der Waals surface area (Å²) < 4.78 is 5.34. The fourth-order valence-corrected chi connectivity index (χ4v) is 2.03. The molecule has 3 heteroatoms.